The van der Waals surface area contributed by atoms with Gasteiger partial charge in [-0.1, -0.05) is 42.8 Å². The van der Waals surface area contributed by atoms with Crippen LogP contribution in [0.1, 0.15) is 40.8 Å². The maximum Gasteiger partial charge on any atom is 0.222 e. The van der Waals surface area contributed by atoms with Crippen molar-refractivity contribution in [3.05, 3.63) is 100 Å². The number of fused-ring (bicyclic) bond motifs is 1. The first kappa shape index (κ1) is 22.7. The molecule has 35 heavy (non-hydrogen) atoms. The number of anilines is 2. The Morgan fingerprint density at radius 3 is 2.66 bits per heavy atom. The number of nitrogens with zero attached hydrogens (tertiary/aromatic N) is 4. The molecule has 0 radical (unpaired) electrons. The van der Waals surface area contributed by atoms with E-state index in [1.54, 1.807) is 6.20 Å². The van der Waals surface area contributed by atoms with Gasteiger partial charge in [0.1, 0.15) is 24.0 Å². The number of hydrogen-bond acceptors (Lipinski definition) is 6. The van der Waals surface area contributed by atoms with Crippen molar-refractivity contribution in [3.8, 4) is 0 Å². The summed E-state index contributed by atoms with van der Waals surface area (Å²) in [6.45, 7) is 6.09. The van der Waals surface area contributed by atoms with E-state index in [0.717, 1.165) is 45.1 Å². The molecule has 0 bridgehead atoms. The summed E-state index contributed by atoms with van der Waals surface area (Å²) in [5.74, 6) is 0.143. The largest absolute Gasteiger partial charge is 0.383 e. The maximum atomic E-state index is 15.5. The molecule has 0 amide bonds. The SMILES string of the molecule is CCc1ccc(F)c(C(Nc2ccc3c(N)nccc3c2)C2(c3cc(C)ccc3C)N=CN=N2)c1. The summed E-state index contributed by atoms with van der Waals surface area (Å²) < 4.78 is 15.5. The highest BCUT2D eigenvalue weighted by Crippen LogP contribution is 2.46. The number of nitrogens with one attached hydrogen (secondary N) is 1. The highest BCUT2D eigenvalue weighted by Gasteiger charge is 2.46. The average molecular weight is 467 g/mol. The second-order valence-electron chi connectivity index (χ2n) is 8.92. The minimum absolute atomic E-state index is 0.323. The highest BCUT2D eigenvalue weighted by atomic mass is 19.1. The fourth-order valence-corrected chi connectivity index (χ4v) is 4.68. The lowest BCUT2D eigenvalue weighted by Crippen LogP contribution is -2.35. The molecular formula is C28H27FN6. The quantitative estimate of drug-likeness (QED) is 0.334. The molecule has 1 aliphatic rings. The number of aliphatic imine (C=N–C) groups is 1. The molecule has 1 aliphatic heterocycles. The Bertz CT molecular complexity index is 1460. The highest BCUT2D eigenvalue weighted by molar-refractivity contribution is 5.93. The maximum absolute atomic E-state index is 15.5. The summed E-state index contributed by atoms with van der Waals surface area (Å²) >= 11 is 0. The molecule has 3 aromatic carbocycles. The normalized spacial score (nSPS) is 17.7. The lowest BCUT2D eigenvalue weighted by atomic mass is 9.83. The van der Waals surface area contributed by atoms with E-state index in [0.29, 0.717) is 11.4 Å². The molecule has 3 N–H and O–H groups in total. The fraction of sp³-hybridized carbons (Fsp3) is 0.214. The first-order valence-electron chi connectivity index (χ1n) is 11.6. The second kappa shape index (κ2) is 8.91. The Hall–Kier alpha value is -4.13. The van der Waals surface area contributed by atoms with Gasteiger partial charge in [0.2, 0.25) is 5.66 Å². The third kappa shape index (κ3) is 4.03. The first-order valence-corrected chi connectivity index (χ1v) is 11.6. The van der Waals surface area contributed by atoms with Crippen LogP contribution in [0.25, 0.3) is 10.8 Å². The van der Waals surface area contributed by atoms with Gasteiger partial charge in [-0.3, -0.25) is 0 Å². The summed E-state index contributed by atoms with van der Waals surface area (Å²) in [4.78, 5) is 8.94. The van der Waals surface area contributed by atoms with Gasteiger partial charge in [-0.2, -0.15) is 0 Å². The Kier molecular flexibility index (Phi) is 5.76. The van der Waals surface area contributed by atoms with E-state index in [1.807, 2.05) is 62.4 Å². The smallest absolute Gasteiger partial charge is 0.222 e. The minimum atomic E-state index is -1.17. The van der Waals surface area contributed by atoms with Crippen LogP contribution in [-0.2, 0) is 12.1 Å². The van der Waals surface area contributed by atoms with Crippen LogP contribution < -0.4 is 11.1 Å². The second-order valence-corrected chi connectivity index (χ2v) is 8.92. The van der Waals surface area contributed by atoms with E-state index >= 15 is 4.39 Å². The minimum Gasteiger partial charge on any atom is -0.383 e. The molecular weight excluding hydrogens is 439 g/mol. The monoisotopic (exact) mass is 466 g/mol. The molecule has 2 atom stereocenters. The Morgan fingerprint density at radius 2 is 1.89 bits per heavy atom. The van der Waals surface area contributed by atoms with Crippen LogP contribution in [0.3, 0.4) is 0 Å². The number of azo groups is 1. The van der Waals surface area contributed by atoms with Crippen molar-refractivity contribution < 1.29 is 4.39 Å². The Balaban J connectivity index is 1.72. The van der Waals surface area contributed by atoms with Crippen LogP contribution >= 0.6 is 0 Å². The van der Waals surface area contributed by atoms with E-state index < -0.39 is 11.7 Å². The van der Waals surface area contributed by atoms with Gasteiger partial charge >= 0.3 is 0 Å². The van der Waals surface area contributed by atoms with Gasteiger partial charge in [-0.25, -0.2) is 14.4 Å². The fourth-order valence-electron chi connectivity index (χ4n) is 4.68. The van der Waals surface area contributed by atoms with Gasteiger partial charge in [0, 0.05) is 28.4 Å². The average Bonchev–Trinajstić information content (AvgIpc) is 3.35. The summed E-state index contributed by atoms with van der Waals surface area (Å²) in [6.07, 6.45) is 3.91. The number of halogens is 1. The van der Waals surface area contributed by atoms with Crippen LogP contribution in [0.4, 0.5) is 15.9 Å². The van der Waals surface area contributed by atoms with Gasteiger partial charge in [0.25, 0.3) is 0 Å². The van der Waals surface area contributed by atoms with Crippen LogP contribution in [0.5, 0.6) is 0 Å². The first-order chi connectivity index (χ1) is 16.9. The zero-order chi connectivity index (χ0) is 24.6. The molecule has 7 heteroatoms. The van der Waals surface area contributed by atoms with Crippen molar-refractivity contribution in [1.82, 2.24) is 4.98 Å². The molecule has 6 nitrogen and oxygen atoms in total. The number of nitrogen functional groups attached to an aromatic ring is 1. The Morgan fingerprint density at radius 1 is 1.03 bits per heavy atom. The van der Waals surface area contributed by atoms with E-state index in [4.69, 9.17) is 10.7 Å². The topological polar surface area (TPSA) is 88.0 Å². The standard InChI is InChI=1S/C28H27FN6/c1-4-19-7-10-25(29)23(14-19)26(34-21-8-9-22-20(15-21)11-12-31-27(22)30)28(32-16-33-35-28)24-13-17(2)5-6-18(24)3/h5-16,26,34H,4H2,1-3H3,(H2,30,31). The molecule has 176 valence electrons. The predicted octanol–water partition coefficient (Wildman–Crippen LogP) is 6.64. The van der Waals surface area contributed by atoms with E-state index in [9.17, 15) is 0 Å². The third-order valence-corrected chi connectivity index (χ3v) is 6.59. The van der Waals surface area contributed by atoms with Crippen molar-refractivity contribution >= 4 is 28.6 Å². The number of aromatic nitrogens is 1. The summed E-state index contributed by atoms with van der Waals surface area (Å²) in [5, 5.41) is 14.1. The predicted molar refractivity (Wildman–Crippen MR) is 139 cm³/mol. The summed E-state index contributed by atoms with van der Waals surface area (Å²) in [5.41, 5.74) is 10.1. The molecule has 0 saturated heterocycles. The number of hydrogen-bond donors (Lipinski definition) is 2. The van der Waals surface area contributed by atoms with Crippen molar-refractivity contribution in [2.45, 2.75) is 38.9 Å². The van der Waals surface area contributed by atoms with Crippen LogP contribution in [0.2, 0.25) is 0 Å². The van der Waals surface area contributed by atoms with Crippen molar-refractivity contribution in [2.24, 2.45) is 15.2 Å². The number of pyridine rings is 1. The van der Waals surface area contributed by atoms with Gasteiger partial charge < -0.3 is 11.1 Å². The molecule has 0 aliphatic carbocycles. The molecule has 4 aromatic rings. The third-order valence-electron chi connectivity index (χ3n) is 6.59. The molecule has 0 spiro atoms. The Labute approximate surface area is 203 Å². The molecule has 2 heterocycles. The van der Waals surface area contributed by atoms with Crippen LogP contribution in [0, 0.1) is 19.7 Å². The molecule has 2 unspecified atom stereocenters. The van der Waals surface area contributed by atoms with Gasteiger partial charge in [0.15, 0.2) is 0 Å². The summed E-state index contributed by atoms with van der Waals surface area (Å²) in [6, 6.07) is 18.4. The van der Waals surface area contributed by atoms with E-state index in [1.165, 1.54) is 12.4 Å². The number of benzene rings is 3. The van der Waals surface area contributed by atoms with E-state index in [-0.39, 0.29) is 5.82 Å². The molecule has 5 rings (SSSR count). The molecule has 1 aromatic heterocycles. The van der Waals surface area contributed by atoms with Crippen LogP contribution in [0.15, 0.2) is 82.1 Å². The van der Waals surface area contributed by atoms with Gasteiger partial charge in [-0.05, 0) is 67.1 Å². The van der Waals surface area contributed by atoms with Crippen molar-refractivity contribution in [3.63, 3.8) is 0 Å². The summed E-state index contributed by atoms with van der Waals surface area (Å²) in [7, 11) is 0. The lowest BCUT2D eigenvalue weighted by Gasteiger charge is -2.35. The van der Waals surface area contributed by atoms with Crippen LogP contribution in [-0.4, -0.2) is 11.3 Å². The van der Waals surface area contributed by atoms with Crippen molar-refractivity contribution in [1.29, 1.82) is 0 Å². The number of nitrogens with two attached hydrogens (primary N) is 1. The number of rotatable bonds is 6. The number of aryl methyl sites for hydroxylation is 3. The van der Waals surface area contributed by atoms with Crippen molar-refractivity contribution in [2.75, 3.05) is 11.1 Å². The zero-order valence-electron chi connectivity index (χ0n) is 20.0. The molecule has 0 saturated carbocycles. The van der Waals surface area contributed by atoms with Gasteiger partial charge in [0.05, 0.1) is 0 Å². The zero-order valence-corrected chi connectivity index (χ0v) is 20.0. The van der Waals surface area contributed by atoms with Gasteiger partial charge in [-0.15, -0.1) is 10.2 Å². The van der Waals surface area contributed by atoms with E-state index in [2.05, 4.69) is 33.5 Å². The molecule has 0 fully saturated rings. The lowest BCUT2D eigenvalue weighted by molar-refractivity contribution is 0.388.